The number of benzene rings is 1. The van der Waals surface area contributed by atoms with Crippen LogP contribution in [0, 0.1) is 6.92 Å². The largest absolute Gasteiger partial charge is 0.342 e. The molecule has 98 valence electrons. The van der Waals surface area contributed by atoms with Crippen LogP contribution in [0.2, 0.25) is 0 Å². The molecule has 0 unspecified atom stereocenters. The van der Waals surface area contributed by atoms with E-state index in [2.05, 4.69) is 52.8 Å². The predicted molar refractivity (Wildman–Crippen MR) is 78.0 cm³/mol. The number of nitrogens with one attached hydrogen (secondary N) is 1. The fraction of sp³-hybridized carbons (Fsp3) is 0.267. The highest BCUT2D eigenvalue weighted by atomic mass is 15.0. The quantitative estimate of drug-likeness (QED) is 0.754. The highest BCUT2D eigenvalue weighted by molar-refractivity contribution is 5.88. The molecule has 0 amide bonds. The highest BCUT2D eigenvalue weighted by Gasteiger charge is 2.11. The van der Waals surface area contributed by atoms with Gasteiger partial charge in [-0.3, -0.25) is 0 Å². The predicted octanol–water partition coefficient (Wildman–Crippen LogP) is 2.38. The van der Waals surface area contributed by atoms with E-state index in [-0.39, 0.29) is 0 Å². The molecular formula is C15H18N4. The summed E-state index contributed by atoms with van der Waals surface area (Å²) in [6, 6.07) is 8.58. The van der Waals surface area contributed by atoms with Crippen LogP contribution >= 0.6 is 0 Å². The third kappa shape index (κ3) is 1.94. The summed E-state index contributed by atoms with van der Waals surface area (Å²) >= 11 is 0. The molecule has 0 aliphatic rings. The molecule has 3 N–H and O–H groups in total. The van der Waals surface area contributed by atoms with Crippen molar-refractivity contribution in [3.63, 3.8) is 0 Å². The maximum atomic E-state index is 5.55. The van der Waals surface area contributed by atoms with Crippen molar-refractivity contribution in [2.75, 3.05) is 6.54 Å². The van der Waals surface area contributed by atoms with Gasteiger partial charge in [0.1, 0.15) is 5.82 Å². The second-order valence-electron chi connectivity index (χ2n) is 4.88. The molecule has 0 spiro atoms. The standard InChI is InChI=1S/C15H18N4/c1-10-4-3-5-13-11(10)8-14(19(13)2)12-9-17-15(18-12)6-7-16/h3-5,8-9H,6-7,16H2,1-2H3,(H,17,18). The van der Waals surface area contributed by atoms with E-state index in [0.29, 0.717) is 6.54 Å². The van der Waals surface area contributed by atoms with Gasteiger partial charge in [-0.15, -0.1) is 0 Å². The third-order valence-electron chi connectivity index (χ3n) is 3.59. The Morgan fingerprint density at radius 1 is 1.37 bits per heavy atom. The highest BCUT2D eigenvalue weighted by Crippen LogP contribution is 2.28. The fourth-order valence-electron chi connectivity index (χ4n) is 2.52. The van der Waals surface area contributed by atoms with Gasteiger partial charge in [0.05, 0.1) is 17.6 Å². The van der Waals surface area contributed by atoms with Crippen molar-refractivity contribution in [3.8, 4) is 11.4 Å². The zero-order valence-electron chi connectivity index (χ0n) is 11.3. The number of nitrogens with zero attached hydrogens (tertiary/aromatic N) is 2. The van der Waals surface area contributed by atoms with Crippen molar-refractivity contribution in [1.82, 2.24) is 14.5 Å². The van der Waals surface area contributed by atoms with Crippen molar-refractivity contribution in [2.45, 2.75) is 13.3 Å². The van der Waals surface area contributed by atoms with E-state index in [1.54, 1.807) is 0 Å². The molecule has 0 saturated heterocycles. The van der Waals surface area contributed by atoms with Crippen LogP contribution in [0.3, 0.4) is 0 Å². The summed E-state index contributed by atoms with van der Waals surface area (Å²) in [7, 11) is 2.08. The number of aromatic nitrogens is 3. The van der Waals surface area contributed by atoms with Crippen LogP contribution in [0.1, 0.15) is 11.4 Å². The van der Waals surface area contributed by atoms with Crippen LogP contribution in [0.4, 0.5) is 0 Å². The van der Waals surface area contributed by atoms with Crippen molar-refractivity contribution in [3.05, 3.63) is 41.9 Å². The minimum absolute atomic E-state index is 0.612. The Morgan fingerprint density at radius 2 is 2.21 bits per heavy atom. The molecule has 0 radical (unpaired) electrons. The Hall–Kier alpha value is -2.07. The molecule has 2 heterocycles. The molecule has 3 rings (SSSR count). The van der Waals surface area contributed by atoms with E-state index in [9.17, 15) is 0 Å². The smallest absolute Gasteiger partial charge is 0.107 e. The van der Waals surface area contributed by atoms with Crippen LogP contribution in [0.5, 0.6) is 0 Å². The van der Waals surface area contributed by atoms with Crippen molar-refractivity contribution >= 4 is 10.9 Å². The van der Waals surface area contributed by atoms with Gasteiger partial charge in [-0.1, -0.05) is 12.1 Å². The van der Waals surface area contributed by atoms with E-state index in [1.807, 2.05) is 6.20 Å². The summed E-state index contributed by atoms with van der Waals surface area (Å²) in [6.45, 7) is 2.75. The first kappa shape index (κ1) is 12.0. The van der Waals surface area contributed by atoms with Gasteiger partial charge in [0.25, 0.3) is 0 Å². The first-order valence-corrected chi connectivity index (χ1v) is 6.50. The lowest BCUT2D eigenvalue weighted by Crippen LogP contribution is -2.03. The lowest BCUT2D eigenvalue weighted by Gasteiger charge is -2.01. The second-order valence-corrected chi connectivity index (χ2v) is 4.88. The number of H-pyrrole nitrogens is 1. The molecule has 4 nitrogen and oxygen atoms in total. The lowest BCUT2D eigenvalue weighted by atomic mass is 10.1. The van der Waals surface area contributed by atoms with E-state index in [1.165, 1.54) is 16.5 Å². The fourth-order valence-corrected chi connectivity index (χ4v) is 2.52. The topological polar surface area (TPSA) is 59.6 Å². The number of imidazole rings is 1. The first-order valence-electron chi connectivity index (χ1n) is 6.50. The number of aromatic amines is 1. The third-order valence-corrected chi connectivity index (χ3v) is 3.59. The SMILES string of the molecule is Cc1cccc2c1cc(-c1cnc(CCN)[nH]1)n2C. The molecular weight excluding hydrogens is 236 g/mol. The Kier molecular flexibility index (Phi) is 2.87. The monoisotopic (exact) mass is 254 g/mol. The van der Waals surface area contributed by atoms with E-state index < -0.39 is 0 Å². The van der Waals surface area contributed by atoms with Crippen molar-refractivity contribution in [1.29, 1.82) is 0 Å². The average Bonchev–Trinajstić information content (AvgIpc) is 2.97. The van der Waals surface area contributed by atoms with Crippen LogP contribution in [0.15, 0.2) is 30.5 Å². The number of hydrogen-bond acceptors (Lipinski definition) is 2. The summed E-state index contributed by atoms with van der Waals surface area (Å²) in [5.41, 5.74) is 10.3. The Morgan fingerprint density at radius 3 is 2.95 bits per heavy atom. The molecule has 4 heteroatoms. The summed E-state index contributed by atoms with van der Waals surface area (Å²) < 4.78 is 2.20. The average molecular weight is 254 g/mol. The Balaban J connectivity index is 2.14. The molecule has 0 saturated carbocycles. The molecule has 1 aromatic carbocycles. The van der Waals surface area contributed by atoms with Crippen LogP contribution in [-0.4, -0.2) is 21.1 Å². The number of rotatable bonds is 3. The molecule has 0 bridgehead atoms. The number of hydrogen-bond donors (Lipinski definition) is 2. The van der Waals surface area contributed by atoms with Crippen LogP contribution in [0.25, 0.3) is 22.3 Å². The number of fused-ring (bicyclic) bond motifs is 1. The lowest BCUT2D eigenvalue weighted by molar-refractivity contribution is 0.893. The Bertz CT molecular complexity index is 721. The van der Waals surface area contributed by atoms with Gasteiger partial charge >= 0.3 is 0 Å². The van der Waals surface area contributed by atoms with Gasteiger partial charge in [-0.05, 0) is 31.2 Å². The van der Waals surface area contributed by atoms with Gasteiger partial charge in [0, 0.05) is 24.4 Å². The summed E-state index contributed by atoms with van der Waals surface area (Å²) in [5, 5.41) is 1.29. The zero-order valence-corrected chi connectivity index (χ0v) is 11.3. The minimum atomic E-state index is 0.612. The Labute approximate surface area is 112 Å². The van der Waals surface area contributed by atoms with E-state index >= 15 is 0 Å². The molecule has 2 aromatic heterocycles. The van der Waals surface area contributed by atoms with Crippen molar-refractivity contribution < 1.29 is 0 Å². The number of nitrogens with two attached hydrogens (primary N) is 1. The molecule has 0 atom stereocenters. The summed E-state index contributed by atoms with van der Waals surface area (Å²) in [4.78, 5) is 7.71. The first-order chi connectivity index (χ1) is 9.20. The van der Waals surface area contributed by atoms with E-state index in [4.69, 9.17) is 5.73 Å². The van der Waals surface area contributed by atoms with Gasteiger partial charge in [0.2, 0.25) is 0 Å². The number of aryl methyl sites for hydroxylation is 2. The maximum absolute atomic E-state index is 5.55. The van der Waals surface area contributed by atoms with Crippen LogP contribution < -0.4 is 5.73 Å². The minimum Gasteiger partial charge on any atom is -0.342 e. The van der Waals surface area contributed by atoms with Gasteiger partial charge in [-0.25, -0.2) is 4.98 Å². The molecule has 0 aliphatic heterocycles. The maximum Gasteiger partial charge on any atom is 0.107 e. The van der Waals surface area contributed by atoms with Gasteiger partial charge in [-0.2, -0.15) is 0 Å². The van der Waals surface area contributed by atoms with Gasteiger partial charge < -0.3 is 15.3 Å². The van der Waals surface area contributed by atoms with Gasteiger partial charge in [0.15, 0.2) is 0 Å². The molecule has 0 fully saturated rings. The van der Waals surface area contributed by atoms with E-state index in [0.717, 1.165) is 23.6 Å². The molecule has 3 aromatic rings. The van der Waals surface area contributed by atoms with Crippen molar-refractivity contribution in [2.24, 2.45) is 12.8 Å². The second kappa shape index (κ2) is 4.55. The zero-order chi connectivity index (χ0) is 13.4. The normalized spacial score (nSPS) is 11.3. The molecule has 0 aliphatic carbocycles. The summed E-state index contributed by atoms with van der Waals surface area (Å²) in [5.74, 6) is 0.944. The summed E-state index contributed by atoms with van der Waals surface area (Å²) in [6.07, 6.45) is 2.66. The van der Waals surface area contributed by atoms with Crippen LogP contribution in [-0.2, 0) is 13.5 Å². The molecule has 19 heavy (non-hydrogen) atoms.